The molecule has 19 heavy (non-hydrogen) atoms. The summed E-state index contributed by atoms with van der Waals surface area (Å²) in [5, 5.41) is 8.69. The van der Waals surface area contributed by atoms with E-state index in [0.29, 0.717) is 19.4 Å². The Labute approximate surface area is 116 Å². The monoisotopic (exact) mass is 293 g/mol. The van der Waals surface area contributed by atoms with Crippen LogP contribution in [-0.4, -0.2) is 44.1 Å². The first kappa shape index (κ1) is 16.9. The molecule has 1 saturated heterocycles. The SMILES string of the molecule is CCC1(CC)CC(NS(=O)(=O)CCCCO)CCO1. The van der Waals surface area contributed by atoms with Crippen LogP contribution in [0.2, 0.25) is 0 Å². The summed E-state index contributed by atoms with van der Waals surface area (Å²) in [5.74, 6) is 0.0934. The minimum absolute atomic E-state index is 0.0206. The molecule has 0 spiro atoms. The summed E-state index contributed by atoms with van der Waals surface area (Å²) in [6.45, 7) is 4.83. The topological polar surface area (TPSA) is 75.6 Å². The zero-order chi connectivity index (χ0) is 14.4. The van der Waals surface area contributed by atoms with Crippen molar-refractivity contribution in [3.05, 3.63) is 0 Å². The third kappa shape index (κ3) is 5.38. The molecule has 1 unspecified atom stereocenters. The number of aliphatic hydroxyl groups excluding tert-OH is 1. The van der Waals surface area contributed by atoms with Gasteiger partial charge in [-0.2, -0.15) is 0 Å². The van der Waals surface area contributed by atoms with Crippen LogP contribution in [0.1, 0.15) is 52.4 Å². The molecule has 0 aromatic heterocycles. The summed E-state index contributed by atoms with van der Waals surface area (Å²) >= 11 is 0. The van der Waals surface area contributed by atoms with Gasteiger partial charge in [0.05, 0.1) is 11.4 Å². The van der Waals surface area contributed by atoms with Gasteiger partial charge >= 0.3 is 0 Å². The molecule has 0 amide bonds. The highest BCUT2D eigenvalue weighted by atomic mass is 32.2. The molecule has 1 aliphatic heterocycles. The van der Waals surface area contributed by atoms with Gasteiger partial charge in [0.15, 0.2) is 0 Å². The summed E-state index contributed by atoms with van der Waals surface area (Å²) in [4.78, 5) is 0. The zero-order valence-corrected chi connectivity index (χ0v) is 12.8. The molecule has 0 aromatic carbocycles. The number of unbranched alkanes of at least 4 members (excludes halogenated alkanes) is 1. The van der Waals surface area contributed by atoms with Crippen molar-refractivity contribution in [3.8, 4) is 0 Å². The van der Waals surface area contributed by atoms with Gasteiger partial charge in [-0.05, 0) is 38.5 Å². The normalized spacial score (nSPS) is 23.4. The first-order chi connectivity index (χ1) is 8.97. The fourth-order valence-corrected chi connectivity index (χ4v) is 4.00. The van der Waals surface area contributed by atoms with Crippen LogP contribution in [0.3, 0.4) is 0 Å². The lowest BCUT2D eigenvalue weighted by Crippen LogP contribution is -2.48. The smallest absolute Gasteiger partial charge is 0.211 e. The fraction of sp³-hybridized carbons (Fsp3) is 1.00. The predicted octanol–water partition coefficient (Wildman–Crippen LogP) is 1.42. The first-order valence-corrected chi connectivity index (χ1v) is 8.87. The largest absolute Gasteiger partial charge is 0.396 e. The van der Waals surface area contributed by atoms with E-state index in [9.17, 15) is 8.42 Å². The second-order valence-corrected chi connectivity index (χ2v) is 7.17. The van der Waals surface area contributed by atoms with Crippen LogP contribution < -0.4 is 4.72 Å². The van der Waals surface area contributed by atoms with E-state index in [1.165, 1.54) is 0 Å². The number of hydrogen-bond donors (Lipinski definition) is 2. The van der Waals surface area contributed by atoms with E-state index in [1.54, 1.807) is 0 Å². The Kier molecular flexibility index (Phi) is 6.73. The quantitative estimate of drug-likeness (QED) is 0.664. The predicted molar refractivity (Wildman–Crippen MR) is 75.5 cm³/mol. The third-order valence-corrected chi connectivity index (χ3v) is 5.47. The molecule has 6 heteroatoms. The Bertz CT molecular complexity index is 352. The van der Waals surface area contributed by atoms with Gasteiger partial charge in [-0.3, -0.25) is 0 Å². The number of sulfonamides is 1. The molecule has 1 aliphatic rings. The van der Waals surface area contributed by atoms with Crippen molar-refractivity contribution < 1.29 is 18.3 Å². The van der Waals surface area contributed by atoms with Crippen molar-refractivity contribution in [3.63, 3.8) is 0 Å². The second kappa shape index (κ2) is 7.57. The van der Waals surface area contributed by atoms with Crippen LogP contribution in [0.4, 0.5) is 0 Å². The molecule has 1 fully saturated rings. The maximum Gasteiger partial charge on any atom is 0.211 e. The van der Waals surface area contributed by atoms with E-state index in [2.05, 4.69) is 18.6 Å². The summed E-state index contributed by atoms with van der Waals surface area (Å²) in [5.41, 5.74) is -0.170. The molecular formula is C13H27NO4S. The Morgan fingerprint density at radius 3 is 2.58 bits per heavy atom. The summed E-state index contributed by atoms with van der Waals surface area (Å²) in [6, 6.07) is -0.0206. The van der Waals surface area contributed by atoms with Crippen LogP contribution in [0, 0.1) is 0 Å². The maximum atomic E-state index is 11.9. The Morgan fingerprint density at radius 2 is 2.00 bits per heavy atom. The van der Waals surface area contributed by atoms with Gasteiger partial charge < -0.3 is 9.84 Å². The van der Waals surface area contributed by atoms with Gasteiger partial charge in [-0.1, -0.05) is 13.8 Å². The summed E-state index contributed by atoms with van der Waals surface area (Å²) < 4.78 is 32.5. The Hall–Kier alpha value is -0.170. The first-order valence-electron chi connectivity index (χ1n) is 7.22. The molecule has 0 aliphatic carbocycles. The number of hydrogen-bond acceptors (Lipinski definition) is 4. The van der Waals surface area contributed by atoms with E-state index < -0.39 is 10.0 Å². The lowest BCUT2D eigenvalue weighted by Gasteiger charge is -2.40. The molecule has 0 bridgehead atoms. The van der Waals surface area contributed by atoms with Gasteiger partial charge in [-0.25, -0.2) is 13.1 Å². The number of ether oxygens (including phenoxy) is 1. The van der Waals surface area contributed by atoms with Gasteiger partial charge in [-0.15, -0.1) is 0 Å². The van der Waals surface area contributed by atoms with Crippen molar-refractivity contribution >= 4 is 10.0 Å². The van der Waals surface area contributed by atoms with E-state index in [0.717, 1.165) is 25.7 Å². The van der Waals surface area contributed by atoms with Crippen LogP contribution in [-0.2, 0) is 14.8 Å². The molecule has 0 aromatic rings. The molecule has 2 N–H and O–H groups in total. The molecule has 0 saturated carbocycles. The molecule has 1 atom stereocenters. The molecule has 114 valence electrons. The molecule has 1 heterocycles. The average molecular weight is 293 g/mol. The van der Waals surface area contributed by atoms with Crippen LogP contribution in [0.25, 0.3) is 0 Å². The van der Waals surface area contributed by atoms with Crippen molar-refractivity contribution in [1.29, 1.82) is 0 Å². The van der Waals surface area contributed by atoms with E-state index >= 15 is 0 Å². The highest BCUT2D eigenvalue weighted by Gasteiger charge is 2.35. The summed E-state index contributed by atoms with van der Waals surface area (Å²) in [6.07, 6.45) is 4.34. The van der Waals surface area contributed by atoms with Crippen LogP contribution in [0.15, 0.2) is 0 Å². The third-order valence-electron chi connectivity index (χ3n) is 3.95. The van der Waals surface area contributed by atoms with Crippen molar-refractivity contribution in [2.45, 2.75) is 64.0 Å². The van der Waals surface area contributed by atoms with Gasteiger partial charge in [0.2, 0.25) is 10.0 Å². The lowest BCUT2D eigenvalue weighted by atomic mass is 9.86. The molecular weight excluding hydrogens is 266 g/mol. The van der Waals surface area contributed by atoms with Crippen molar-refractivity contribution in [2.75, 3.05) is 19.0 Å². The van der Waals surface area contributed by atoms with E-state index in [4.69, 9.17) is 9.84 Å². The van der Waals surface area contributed by atoms with E-state index in [1.807, 2.05) is 0 Å². The highest BCUT2D eigenvalue weighted by Crippen LogP contribution is 2.31. The Morgan fingerprint density at radius 1 is 1.32 bits per heavy atom. The molecule has 0 radical (unpaired) electrons. The minimum atomic E-state index is -3.24. The fourth-order valence-electron chi connectivity index (χ4n) is 2.59. The zero-order valence-electron chi connectivity index (χ0n) is 12.0. The highest BCUT2D eigenvalue weighted by molar-refractivity contribution is 7.89. The lowest BCUT2D eigenvalue weighted by molar-refractivity contribution is -0.0905. The van der Waals surface area contributed by atoms with Gasteiger partial charge in [0, 0.05) is 19.3 Å². The number of aliphatic hydroxyl groups is 1. The average Bonchev–Trinajstić information content (AvgIpc) is 2.38. The number of nitrogens with one attached hydrogen (secondary N) is 1. The maximum absolute atomic E-state index is 11.9. The standard InChI is InChI=1S/C13H27NO4S/c1-3-13(4-2)11-12(7-9-18-13)14-19(16,17)10-6-5-8-15/h12,14-15H,3-11H2,1-2H3. The van der Waals surface area contributed by atoms with Crippen molar-refractivity contribution in [2.24, 2.45) is 0 Å². The Balaban J connectivity index is 2.52. The van der Waals surface area contributed by atoms with Crippen LogP contribution >= 0.6 is 0 Å². The van der Waals surface area contributed by atoms with E-state index in [-0.39, 0.29) is 24.0 Å². The summed E-state index contributed by atoms with van der Waals surface area (Å²) in [7, 11) is -3.24. The number of rotatable bonds is 8. The molecule has 1 rings (SSSR count). The van der Waals surface area contributed by atoms with Gasteiger partial charge in [0.1, 0.15) is 0 Å². The minimum Gasteiger partial charge on any atom is -0.396 e. The van der Waals surface area contributed by atoms with Crippen LogP contribution in [0.5, 0.6) is 0 Å². The van der Waals surface area contributed by atoms with Gasteiger partial charge in [0.25, 0.3) is 0 Å². The van der Waals surface area contributed by atoms with Crippen molar-refractivity contribution in [1.82, 2.24) is 4.72 Å². The second-order valence-electron chi connectivity index (χ2n) is 5.30. The molecule has 5 nitrogen and oxygen atoms in total.